The molecule has 1 unspecified atom stereocenters. The highest BCUT2D eigenvalue weighted by Gasteiger charge is 2.23. The Balaban J connectivity index is 0.000000461. The highest BCUT2D eigenvalue weighted by molar-refractivity contribution is 5.88. The van der Waals surface area contributed by atoms with Crippen LogP contribution in [0.5, 0.6) is 0 Å². The van der Waals surface area contributed by atoms with Gasteiger partial charge in [-0.15, -0.1) is 0 Å². The molecule has 0 spiro atoms. The van der Waals surface area contributed by atoms with Gasteiger partial charge in [0.25, 0.3) is 0 Å². The first-order chi connectivity index (χ1) is 14.1. The van der Waals surface area contributed by atoms with E-state index in [0.29, 0.717) is 11.9 Å². The fourth-order valence-corrected chi connectivity index (χ4v) is 3.35. The molecule has 0 aromatic carbocycles. The summed E-state index contributed by atoms with van der Waals surface area (Å²) in [6.07, 6.45) is -2.78. The Bertz CT molecular complexity index is 914. The number of hydrogen-bond donors (Lipinski definition) is 2. The van der Waals surface area contributed by atoms with Crippen LogP contribution in [-0.2, 0) is 11.3 Å². The van der Waals surface area contributed by atoms with Crippen molar-refractivity contribution in [3.63, 3.8) is 0 Å². The number of aromatic nitrogens is 2. The second-order valence-electron chi connectivity index (χ2n) is 7.36. The molecule has 2 N–H and O–H groups in total. The zero-order chi connectivity index (χ0) is 21.9. The van der Waals surface area contributed by atoms with E-state index in [4.69, 9.17) is 9.72 Å². The Morgan fingerprint density at radius 3 is 2.73 bits per heavy atom. The van der Waals surface area contributed by atoms with Crippen molar-refractivity contribution in [1.29, 1.82) is 0 Å². The number of halogens is 3. The van der Waals surface area contributed by atoms with Crippen LogP contribution in [0.2, 0.25) is 0 Å². The number of alkyl halides is 3. The summed E-state index contributed by atoms with van der Waals surface area (Å²) < 4.78 is 36.2. The molecule has 2 aromatic rings. The van der Waals surface area contributed by atoms with E-state index in [0.717, 1.165) is 47.8 Å². The van der Waals surface area contributed by atoms with E-state index in [1.807, 2.05) is 6.07 Å². The van der Waals surface area contributed by atoms with Crippen molar-refractivity contribution >= 4 is 17.7 Å². The van der Waals surface area contributed by atoms with E-state index in [9.17, 15) is 18.0 Å². The maximum absolute atomic E-state index is 11.4. The zero-order valence-corrected chi connectivity index (χ0v) is 17.0. The fourth-order valence-electron chi connectivity index (χ4n) is 3.35. The second-order valence-corrected chi connectivity index (χ2v) is 7.36. The lowest BCUT2D eigenvalue weighted by Gasteiger charge is -2.33. The van der Waals surface area contributed by atoms with Gasteiger partial charge < -0.3 is 15.0 Å². The summed E-state index contributed by atoms with van der Waals surface area (Å²) in [7, 11) is 0. The number of piperazine rings is 1. The molecule has 0 radical (unpaired) electrons. The van der Waals surface area contributed by atoms with Crippen molar-refractivity contribution in [2.75, 3.05) is 29.9 Å². The number of amides is 1. The fraction of sp³-hybridized carbons (Fsp3) is 0.450. The predicted molar refractivity (Wildman–Crippen MR) is 107 cm³/mol. The minimum atomic E-state index is -4.00. The summed E-state index contributed by atoms with van der Waals surface area (Å²) in [4.78, 5) is 22.9. The summed E-state index contributed by atoms with van der Waals surface area (Å²) in [5.74, 6) is 1.53. The van der Waals surface area contributed by atoms with E-state index in [1.54, 1.807) is 6.20 Å². The molecule has 1 atom stereocenters. The van der Waals surface area contributed by atoms with Gasteiger partial charge >= 0.3 is 12.3 Å². The van der Waals surface area contributed by atoms with Crippen LogP contribution in [0, 0.1) is 6.92 Å². The first-order valence-corrected chi connectivity index (χ1v) is 9.56. The van der Waals surface area contributed by atoms with Crippen LogP contribution in [0.1, 0.15) is 25.0 Å². The van der Waals surface area contributed by atoms with Crippen LogP contribution >= 0.6 is 0 Å². The largest absolute Gasteiger partial charge is 0.444 e. The molecule has 4 heterocycles. The normalized spacial score (nSPS) is 18.5. The molecule has 4 rings (SSSR count). The molecule has 7 nitrogen and oxygen atoms in total. The number of aryl methyl sites for hydroxylation is 1. The highest BCUT2D eigenvalue weighted by Crippen LogP contribution is 2.31. The summed E-state index contributed by atoms with van der Waals surface area (Å²) in [6, 6.07) is 6.54. The van der Waals surface area contributed by atoms with Crippen LogP contribution < -0.4 is 15.5 Å². The lowest BCUT2D eigenvalue weighted by molar-refractivity contribution is -0.110. The molecule has 30 heavy (non-hydrogen) atoms. The van der Waals surface area contributed by atoms with Crippen LogP contribution in [0.4, 0.5) is 29.6 Å². The minimum Gasteiger partial charge on any atom is -0.444 e. The molecular weight excluding hydrogens is 399 g/mol. The van der Waals surface area contributed by atoms with Gasteiger partial charge in [0, 0.05) is 49.9 Å². The van der Waals surface area contributed by atoms with Crippen LogP contribution in [-0.4, -0.2) is 47.9 Å². The lowest BCUT2D eigenvalue weighted by Crippen LogP contribution is -2.49. The van der Waals surface area contributed by atoms with Crippen LogP contribution in [0.15, 0.2) is 24.4 Å². The van der Waals surface area contributed by atoms with Gasteiger partial charge in [0.2, 0.25) is 0 Å². The van der Waals surface area contributed by atoms with Crippen molar-refractivity contribution < 1.29 is 22.7 Å². The smallest absolute Gasteiger partial charge is 0.413 e. The molecular formula is C20H24F3N5O2. The average molecular weight is 423 g/mol. The number of ether oxygens (including phenoxy) is 1. The van der Waals surface area contributed by atoms with E-state index in [-0.39, 0.29) is 13.5 Å². The summed E-state index contributed by atoms with van der Waals surface area (Å²) in [5.41, 5.74) is 3.83. The Morgan fingerprint density at radius 1 is 1.30 bits per heavy atom. The molecule has 0 aliphatic carbocycles. The Morgan fingerprint density at radius 2 is 2.03 bits per heavy atom. The number of nitrogens with zero attached hydrogens (tertiary/aromatic N) is 3. The minimum absolute atomic E-state index is 0.188. The van der Waals surface area contributed by atoms with Crippen molar-refractivity contribution in [2.45, 2.75) is 39.6 Å². The molecule has 0 saturated carbocycles. The first-order valence-electron chi connectivity index (χ1n) is 9.56. The van der Waals surface area contributed by atoms with Gasteiger partial charge in [0.1, 0.15) is 18.2 Å². The van der Waals surface area contributed by atoms with E-state index in [2.05, 4.69) is 46.5 Å². The summed E-state index contributed by atoms with van der Waals surface area (Å²) in [6.45, 7) is 7.48. The number of cyclic esters (lactones) is 1. The molecule has 1 saturated heterocycles. The Kier molecular flexibility index (Phi) is 6.45. The number of carbonyl (C=O) groups excluding carboxylic acids is 1. The lowest BCUT2D eigenvalue weighted by atomic mass is 10.0. The molecule has 10 heteroatoms. The molecule has 2 aliphatic heterocycles. The number of fused-ring (bicyclic) bond motifs is 1. The molecule has 1 fully saturated rings. The number of pyridine rings is 2. The summed E-state index contributed by atoms with van der Waals surface area (Å²) in [5, 5.41) is 6.10. The molecule has 1 amide bonds. The van der Waals surface area contributed by atoms with Crippen molar-refractivity contribution in [2.24, 2.45) is 0 Å². The van der Waals surface area contributed by atoms with Gasteiger partial charge in [-0.05, 0) is 37.6 Å². The number of hydrogen-bond acceptors (Lipinski definition) is 6. The number of anilines is 2. The predicted octanol–water partition coefficient (Wildman–Crippen LogP) is 3.88. The Labute approximate surface area is 172 Å². The quantitative estimate of drug-likeness (QED) is 0.763. The third-order valence-electron chi connectivity index (χ3n) is 4.55. The Hall–Kier alpha value is -2.88. The number of rotatable bonds is 2. The standard InChI is InChI=1S/C18H21N5O2.C2H3F3/c1-11-7-15(21-16(8-11)23-6-5-19-12(2)9-23)13-3-4-20-17-14(13)10-25-18(24)22-17;1-2(3,4)5/h3-4,7-8,12,19H,5-6,9-10H2,1-2H3,(H,20,22,24);1H3. The van der Waals surface area contributed by atoms with Gasteiger partial charge in [0.05, 0.1) is 5.69 Å². The van der Waals surface area contributed by atoms with E-state index < -0.39 is 12.3 Å². The topological polar surface area (TPSA) is 79.4 Å². The zero-order valence-electron chi connectivity index (χ0n) is 17.0. The molecule has 2 aliphatic rings. The third kappa shape index (κ3) is 5.82. The van der Waals surface area contributed by atoms with Gasteiger partial charge in [-0.3, -0.25) is 5.32 Å². The van der Waals surface area contributed by atoms with Crippen molar-refractivity contribution in [1.82, 2.24) is 15.3 Å². The SMILES string of the molecule is CC(F)(F)F.Cc1cc(-c2ccnc3c2COC(=O)N3)nc(N2CCNC(C)C2)c1. The maximum Gasteiger partial charge on any atom is 0.413 e. The van der Waals surface area contributed by atoms with Crippen LogP contribution in [0.3, 0.4) is 0 Å². The first kappa shape index (κ1) is 21.8. The molecule has 2 aromatic heterocycles. The van der Waals surface area contributed by atoms with E-state index >= 15 is 0 Å². The maximum atomic E-state index is 11.4. The third-order valence-corrected chi connectivity index (χ3v) is 4.55. The van der Waals surface area contributed by atoms with E-state index in [1.165, 1.54) is 0 Å². The van der Waals surface area contributed by atoms with Crippen molar-refractivity contribution in [3.8, 4) is 11.3 Å². The number of nitrogens with one attached hydrogen (secondary N) is 2. The highest BCUT2D eigenvalue weighted by atomic mass is 19.4. The summed E-state index contributed by atoms with van der Waals surface area (Å²) >= 11 is 0. The second kappa shape index (κ2) is 8.86. The average Bonchev–Trinajstić information content (AvgIpc) is 2.65. The van der Waals surface area contributed by atoms with Gasteiger partial charge in [-0.2, -0.15) is 13.2 Å². The monoisotopic (exact) mass is 423 g/mol. The molecule has 0 bridgehead atoms. The van der Waals surface area contributed by atoms with Gasteiger partial charge in [0.15, 0.2) is 0 Å². The van der Waals surface area contributed by atoms with Crippen molar-refractivity contribution in [3.05, 3.63) is 35.5 Å². The molecule has 162 valence electrons. The van der Waals surface area contributed by atoms with Gasteiger partial charge in [-0.1, -0.05) is 0 Å². The van der Waals surface area contributed by atoms with Crippen LogP contribution in [0.25, 0.3) is 11.3 Å². The van der Waals surface area contributed by atoms with Gasteiger partial charge in [-0.25, -0.2) is 14.8 Å². The number of carbonyl (C=O) groups is 1.